The molecule has 1 saturated heterocycles. The molecule has 10 nitrogen and oxygen atoms in total. The molecule has 1 aromatic carbocycles. The van der Waals surface area contributed by atoms with Gasteiger partial charge in [0.1, 0.15) is 6.04 Å². The minimum absolute atomic E-state index is 0.0557. The molecular weight excluding hydrogens is 569 g/mol. The van der Waals surface area contributed by atoms with Crippen molar-refractivity contribution in [3.8, 4) is 0 Å². The van der Waals surface area contributed by atoms with Gasteiger partial charge in [0.25, 0.3) is 0 Å². The van der Waals surface area contributed by atoms with Crippen LogP contribution in [-0.2, 0) is 31.7 Å². The third-order valence-corrected chi connectivity index (χ3v) is 7.26. The van der Waals surface area contributed by atoms with E-state index in [0.717, 1.165) is 12.1 Å². The lowest BCUT2D eigenvalue weighted by Crippen LogP contribution is -2.53. The SMILES string of the molecule is CC(C)OC(=O)C[C@H](C(=O)N1CCCC1C(=O)N[C@H](C(=O)c1noc(Cc2cccc(C(F)(F)F)c2)n1)C(C)C)C(C)C. The lowest BCUT2D eigenvalue weighted by atomic mass is 9.90. The molecule has 1 N–H and O–H groups in total. The van der Waals surface area contributed by atoms with Crippen LogP contribution in [-0.4, -0.2) is 63.3 Å². The Morgan fingerprint density at radius 1 is 1.09 bits per heavy atom. The molecule has 13 heteroatoms. The number of aromatic nitrogens is 2. The molecule has 1 aromatic heterocycles. The zero-order valence-corrected chi connectivity index (χ0v) is 25.2. The van der Waals surface area contributed by atoms with Crippen molar-refractivity contribution in [3.05, 3.63) is 47.1 Å². The topological polar surface area (TPSA) is 132 Å². The van der Waals surface area contributed by atoms with Gasteiger partial charge in [-0.15, -0.1) is 0 Å². The summed E-state index contributed by atoms with van der Waals surface area (Å²) in [6.45, 7) is 10.9. The van der Waals surface area contributed by atoms with Crippen LogP contribution in [0.4, 0.5) is 13.2 Å². The molecule has 0 saturated carbocycles. The standard InChI is InChI=1S/C30H39F3N4O6/c1-16(2)21(15-24(38)42-18(5)6)29(41)37-12-8-11-22(37)28(40)35-25(17(3)4)26(39)27-34-23(43-36-27)14-19-9-7-10-20(13-19)30(31,32)33/h7,9-10,13,16-18,21-22,25H,8,11-12,14-15H2,1-6H3,(H,35,40)/t21-,22?,25-/m0/s1. The molecule has 1 aliphatic rings. The van der Waals surface area contributed by atoms with Crippen molar-refractivity contribution in [1.82, 2.24) is 20.4 Å². The predicted molar refractivity (Wildman–Crippen MR) is 149 cm³/mol. The Balaban J connectivity index is 1.71. The van der Waals surface area contributed by atoms with Gasteiger partial charge >= 0.3 is 12.1 Å². The van der Waals surface area contributed by atoms with Crippen molar-refractivity contribution in [2.45, 2.75) is 91.6 Å². The summed E-state index contributed by atoms with van der Waals surface area (Å²) < 4.78 is 49.5. The highest BCUT2D eigenvalue weighted by molar-refractivity contribution is 6.00. The quantitative estimate of drug-likeness (QED) is 0.273. The number of amides is 2. The number of rotatable bonds is 12. The van der Waals surface area contributed by atoms with Crippen LogP contribution in [0.25, 0.3) is 0 Å². The molecule has 0 aliphatic carbocycles. The van der Waals surface area contributed by atoms with Gasteiger partial charge in [-0.3, -0.25) is 19.2 Å². The molecule has 0 spiro atoms. The van der Waals surface area contributed by atoms with Crippen molar-refractivity contribution < 1.29 is 41.6 Å². The zero-order chi connectivity index (χ0) is 32.1. The van der Waals surface area contributed by atoms with Crippen LogP contribution in [0.15, 0.2) is 28.8 Å². The molecule has 2 aromatic rings. The first-order valence-electron chi connectivity index (χ1n) is 14.4. The van der Waals surface area contributed by atoms with E-state index in [1.54, 1.807) is 27.7 Å². The van der Waals surface area contributed by atoms with Gasteiger partial charge in [0.05, 0.1) is 36.5 Å². The average molecular weight is 609 g/mol. The first-order valence-corrected chi connectivity index (χ1v) is 14.4. The number of ether oxygens (including phenoxy) is 1. The van der Waals surface area contributed by atoms with Crippen molar-refractivity contribution in [3.63, 3.8) is 0 Å². The van der Waals surface area contributed by atoms with E-state index >= 15 is 0 Å². The summed E-state index contributed by atoms with van der Waals surface area (Å²) >= 11 is 0. The molecule has 1 aliphatic heterocycles. The summed E-state index contributed by atoms with van der Waals surface area (Å²) in [7, 11) is 0. The van der Waals surface area contributed by atoms with Gasteiger partial charge in [-0.25, -0.2) is 0 Å². The molecular formula is C30H39F3N4O6. The number of ketones is 1. The van der Waals surface area contributed by atoms with Crippen LogP contribution in [0, 0.1) is 17.8 Å². The van der Waals surface area contributed by atoms with Gasteiger partial charge in [-0.1, -0.05) is 51.1 Å². The van der Waals surface area contributed by atoms with Crippen molar-refractivity contribution in [1.29, 1.82) is 0 Å². The Morgan fingerprint density at radius 3 is 2.40 bits per heavy atom. The van der Waals surface area contributed by atoms with Crippen LogP contribution in [0.2, 0.25) is 0 Å². The molecule has 3 rings (SSSR count). The van der Waals surface area contributed by atoms with Crippen LogP contribution in [0.5, 0.6) is 0 Å². The molecule has 2 amide bonds. The number of esters is 1. The van der Waals surface area contributed by atoms with E-state index in [1.807, 2.05) is 13.8 Å². The second-order valence-electron chi connectivity index (χ2n) is 11.8. The minimum atomic E-state index is -4.51. The third kappa shape index (κ3) is 8.87. The maximum atomic E-state index is 13.5. The average Bonchev–Trinajstić information content (AvgIpc) is 3.59. The molecule has 236 valence electrons. The van der Waals surface area contributed by atoms with Gasteiger partial charge in [-0.2, -0.15) is 18.2 Å². The Bertz CT molecular complexity index is 1310. The van der Waals surface area contributed by atoms with E-state index in [0.29, 0.717) is 19.4 Å². The van der Waals surface area contributed by atoms with Crippen LogP contribution in [0.3, 0.4) is 0 Å². The number of alkyl halides is 3. The molecule has 43 heavy (non-hydrogen) atoms. The Kier molecular flexibility index (Phi) is 11.1. The van der Waals surface area contributed by atoms with Gasteiger partial charge in [0, 0.05) is 6.54 Å². The molecule has 2 heterocycles. The Hall–Kier alpha value is -3.77. The van der Waals surface area contributed by atoms with Crippen molar-refractivity contribution in [2.75, 3.05) is 6.54 Å². The van der Waals surface area contributed by atoms with Gasteiger partial charge in [-0.05, 0) is 50.2 Å². The number of carbonyl (C=O) groups is 4. The number of nitrogens with zero attached hydrogens (tertiary/aromatic N) is 3. The normalized spacial score (nSPS) is 16.9. The largest absolute Gasteiger partial charge is 0.463 e. The first kappa shape index (κ1) is 33.7. The first-order chi connectivity index (χ1) is 20.1. The second-order valence-corrected chi connectivity index (χ2v) is 11.8. The number of likely N-dealkylation sites (tertiary alicyclic amines) is 1. The van der Waals surface area contributed by atoms with Gasteiger partial charge in [0.2, 0.25) is 29.3 Å². The number of halogens is 3. The van der Waals surface area contributed by atoms with Gasteiger partial charge in [0.15, 0.2) is 0 Å². The van der Waals surface area contributed by atoms with Crippen LogP contribution < -0.4 is 5.32 Å². The second kappa shape index (κ2) is 14.1. The molecule has 0 radical (unpaired) electrons. The summed E-state index contributed by atoms with van der Waals surface area (Å²) in [5.41, 5.74) is -0.549. The smallest absolute Gasteiger partial charge is 0.416 e. The van der Waals surface area contributed by atoms with Crippen LogP contribution in [0.1, 0.15) is 88.4 Å². The number of Topliss-reactive ketones (excluding diaryl/α,β-unsaturated/α-hetero) is 1. The van der Waals surface area contributed by atoms with Crippen molar-refractivity contribution >= 4 is 23.6 Å². The number of hydrogen-bond donors (Lipinski definition) is 1. The summed E-state index contributed by atoms with van der Waals surface area (Å²) in [4.78, 5) is 58.1. The van der Waals surface area contributed by atoms with Crippen LogP contribution >= 0.6 is 0 Å². The fourth-order valence-corrected chi connectivity index (χ4v) is 5.00. The monoisotopic (exact) mass is 608 g/mol. The Morgan fingerprint density at radius 2 is 1.79 bits per heavy atom. The van der Waals surface area contributed by atoms with Crippen molar-refractivity contribution in [2.24, 2.45) is 17.8 Å². The maximum absolute atomic E-state index is 13.5. The minimum Gasteiger partial charge on any atom is -0.463 e. The summed E-state index contributed by atoms with van der Waals surface area (Å²) in [5, 5.41) is 6.45. The molecule has 1 unspecified atom stereocenters. The zero-order valence-electron chi connectivity index (χ0n) is 25.2. The predicted octanol–water partition coefficient (Wildman–Crippen LogP) is 4.61. The van der Waals surface area contributed by atoms with E-state index in [4.69, 9.17) is 9.26 Å². The number of carbonyl (C=O) groups excluding carboxylic acids is 4. The molecule has 0 bridgehead atoms. The highest BCUT2D eigenvalue weighted by atomic mass is 19.4. The van der Waals surface area contributed by atoms with E-state index < -0.39 is 47.4 Å². The molecule has 3 atom stereocenters. The highest BCUT2D eigenvalue weighted by Gasteiger charge is 2.41. The van der Waals surface area contributed by atoms with Gasteiger partial charge < -0.3 is 19.5 Å². The highest BCUT2D eigenvalue weighted by Crippen LogP contribution is 2.30. The molecule has 1 fully saturated rings. The number of benzene rings is 1. The summed E-state index contributed by atoms with van der Waals surface area (Å²) in [6, 6.07) is 2.78. The summed E-state index contributed by atoms with van der Waals surface area (Å²) in [6.07, 6.45) is -4.08. The maximum Gasteiger partial charge on any atom is 0.416 e. The van der Waals surface area contributed by atoms with E-state index in [2.05, 4.69) is 15.5 Å². The van der Waals surface area contributed by atoms with E-state index in [9.17, 15) is 32.3 Å². The lowest BCUT2D eigenvalue weighted by Gasteiger charge is -2.31. The fraction of sp³-hybridized carbons (Fsp3) is 0.600. The number of nitrogens with one attached hydrogen (secondary N) is 1. The van der Waals surface area contributed by atoms with E-state index in [1.165, 1.54) is 17.0 Å². The summed E-state index contributed by atoms with van der Waals surface area (Å²) in [5.74, 6) is -3.56. The fourth-order valence-electron chi connectivity index (χ4n) is 5.00. The van der Waals surface area contributed by atoms with E-state index in [-0.39, 0.29) is 54.0 Å². The Labute approximate surface area is 248 Å². The lowest BCUT2D eigenvalue weighted by molar-refractivity contribution is -0.153. The third-order valence-electron chi connectivity index (χ3n) is 7.26. The number of hydrogen-bond acceptors (Lipinski definition) is 8.